The van der Waals surface area contributed by atoms with Crippen LogP contribution in [0.15, 0.2) is 28.6 Å². The quantitative estimate of drug-likeness (QED) is 0.803. The Morgan fingerprint density at radius 2 is 2.12 bits per heavy atom. The standard InChI is InChI=1S/C17H25N3O2S2/c1-13(2)9-10-18-24(21,22)16-12-20(14-6-3-4-7-14)19-17(16)15-8-5-11-23-15/h5,8,11-14,18H,3-4,6-7,9-10H2,1-2H3. The van der Waals surface area contributed by atoms with E-state index in [0.717, 1.165) is 24.1 Å². The van der Waals surface area contributed by atoms with Crippen LogP contribution in [0.25, 0.3) is 10.6 Å². The maximum absolute atomic E-state index is 12.8. The van der Waals surface area contributed by atoms with E-state index in [2.05, 4.69) is 23.7 Å². The molecule has 0 spiro atoms. The summed E-state index contributed by atoms with van der Waals surface area (Å²) in [7, 11) is -3.55. The summed E-state index contributed by atoms with van der Waals surface area (Å²) in [5.74, 6) is 0.464. The monoisotopic (exact) mass is 367 g/mol. The topological polar surface area (TPSA) is 64.0 Å². The highest BCUT2D eigenvalue weighted by Crippen LogP contribution is 2.34. The normalized spacial score (nSPS) is 16.3. The van der Waals surface area contributed by atoms with Gasteiger partial charge in [-0.05, 0) is 36.6 Å². The largest absolute Gasteiger partial charge is 0.268 e. The molecule has 0 saturated heterocycles. The van der Waals surface area contributed by atoms with Gasteiger partial charge in [-0.25, -0.2) is 13.1 Å². The molecule has 24 heavy (non-hydrogen) atoms. The lowest BCUT2D eigenvalue weighted by Gasteiger charge is -2.09. The second-order valence-corrected chi connectivity index (χ2v) is 9.50. The summed E-state index contributed by atoms with van der Waals surface area (Å²) < 4.78 is 30.2. The van der Waals surface area contributed by atoms with E-state index in [1.807, 2.05) is 22.2 Å². The molecule has 2 aromatic rings. The third-order valence-corrected chi connectivity index (χ3v) is 6.79. The molecule has 5 nitrogen and oxygen atoms in total. The fourth-order valence-corrected chi connectivity index (χ4v) is 5.05. The van der Waals surface area contributed by atoms with Gasteiger partial charge < -0.3 is 0 Å². The molecule has 0 unspecified atom stereocenters. The summed E-state index contributed by atoms with van der Waals surface area (Å²) in [6.07, 6.45) is 7.08. The van der Waals surface area contributed by atoms with E-state index in [9.17, 15) is 8.42 Å². The first-order valence-electron chi connectivity index (χ1n) is 8.60. The molecule has 3 rings (SSSR count). The minimum atomic E-state index is -3.55. The van der Waals surface area contributed by atoms with Crippen LogP contribution < -0.4 is 4.72 Å². The molecule has 1 fully saturated rings. The molecule has 0 atom stereocenters. The molecule has 0 bridgehead atoms. The van der Waals surface area contributed by atoms with Gasteiger partial charge in [-0.1, -0.05) is 32.8 Å². The van der Waals surface area contributed by atoms with E-state index in [4.69, 9.17) is 0 Å². The molecule has 0 amide bonds. The molecule has 2 heterocycles. The van der Waals surface area contributed by atoms with Gasteiger partial charge in [0.2, 0.25) is 10.0 Å². The van der Waals surface area contributed by atoms with E-state index < -0.39 is 10.0 Å². The summed E-state index contributed by atoms with van der Waals surface area (Å²) in [6.45, 7) is 4.63. The lowest BCUT2D eigenvalue weighted by Crippen LogP contribution is -2.25. The van der Waals surface area contributed by atoms with Gasteiger partial charge in [-0.15, -0.1) is 11.3 Å². The molecular weight excluding hydrogens is 342 g/mol. The molecule has 1 aliphatic rings. The first-order chi connectivity index (χ1) is 11.5. The molecular formula is C17H25N3O2S2. The van der Waals surface area contributed by atoms with Crippen LogP contribution in [0.5, 0.6) is 0 Å². The van der Waals surface area contributed by atoms with Crippen LogP contribution in [-0.4, -0.2) is 24.7 Å². The Labute approximate surface area is 148 Å². The van der Waals surface area contributed by atoms with E-state index >= 15 is 0 Å². The van der Waals surface area contributed by atoms with Crippen molar-refractivity contribution >= 4 is 21.4 Å². The summed E-state index contributed by atoms with van der Waals surface area (Å²) in [5, 5.41) is 6.60. The maximum atomic E-state index is 12.8. The Morgan fingerprint density at radius 3 is 2.75 bits per heavy atom. The third-order valence-electron chi connectivity index (χ3n) is 4.46. The summed E-state index contributed by atoms with van der Waals surface area (Å²) >= 11 is 1.52. The summed E-state index contributed by atoms with van der Waals surface area (Å²) in [6, 6.07) is 4.18. The molecule has 132 valence electrons. The average molecular weight is 368 g/mol. The molecule has 1 aliphatic carbocycles. The van der Waals surface area contributed by atoms with Gasteiger partial charge in [0, 0.05) is 12.7 Å². The number of rotatable bonds is 7. The number of nitrogens with one attached hydrogen (secondary N) is 1. The van der Waals surface area contributed by atoms with Crippen molar-refractivity contribution in [2.24, 2.45) is 5.92 Å². The van der Waals surface area contributed by atoms with E-state index in [0.29, 0.717) is 29.1 Å². The minimum absolute atomic E-state index is 0.306. The van der Waals surface area contributed by atoms with Crippen LogP contribution in [0.3, 0.4) is 0 Å². The minimum Gasteiger partial charge on any atom is -0.268 e. The Kier molecular flexibility index (Phi) is 5.42. The molecule has 0 radical (unpaired) electrons. The predicted octanol–water partition coefficient (Wildman–Crippen LogP) is 4.05. The number of nitrogens with zero attached hydrogens (tertiary/aromatic N) is 2. The lowest BCUT2D eigenvalue weighted by molar-refractivity contribution is 0.467. The van der Waals surface area contributed by atoms with E-state index in [1.165, 1.54) is 24.2 Å². The highest BCUT2D eigenvalue weighted by molar-refractivity contribution is 7.89. The van der Waals surface area contributed by atoms with Crippen LogP contribution >= 0.6 is 11.3 Å². The second-order valence-electron chi connectivity index (χ2n) is 6.82. The van der Waals surface area contributed by atoms with Crippen LogP contribution in [-0.2, 0) is 10.0 Å². The van der Waals surface area contributed by atoms with Gasteiger partial charge >= 0.3 is 0 Å². The van der Waals surface area contributed by atoms with Gasteiger partial charge in [-0.2, -0.15) is 5.10 Å². The molecule has 0 aliphatic heterocycles. The SMILES string of the molecule is CC(C)CCNS(=O)(=O)c1cn(C2CCCC2)nc1-c1cccs1. The van der Waals surface area contributed by atoms with Gasteiger partial charge in [0.25, 0.3) is 0 Å². The fraction of sp³-hybridized carbons (Fsp3) is 0.588. The van der Waals surface area contributed by atoms with Crippen LogP contribution in [0.2, 0.25) is 0 Å². The van der Waals surface area contributed by atoms with Gasteiger partial charge in [0.15, 0.2) is 0 Å². The van der Waals surface area contributed by atoms with Crippen LogP contribution in [0, 0.1) is 5.92 Å². The van der Waals surface area contributed by atoms with Crippen molar-refractivity contribution in [3.8, 4) is 10.6 Å². The van der Waals surface area contributed by atoms with Gasteiger partial charge in [-0.3, -0.25) is 4.68 Å². The molecule has 0 aromatic carbocycles. The van der Waals surface area contributed by atoms with E-state index in [1.54, 1.807) is 6.20 Å². The predicted molar refractivity (Wildman–Crippen MR) is 97.7 cm³/mol. The number of sulfonamides is 1. The van der Waals surface area contributed by atoms with Crippen molar-refractivity contribution in [1.82, 2.24) is 14.5 Å². The third kappa shape index (κ3) is 3.90. The maximum Gasteiger partial charge on any atom is 0.244 e. The molecule has 1 N–H and O–H groups in total. The first kappa shape index (κ1) is 17.6. The zero-order chi connectivity index (χ0) is 17.2. The Balaban J connectivity index is 1.92. The second kappa shape index (κ2) is 7.37. The fourth-order valence-electron chi connectivity index (χ4n) is 3.07. The Morgan fingerprint density at radius 1 is 1.38 bits per heavy atom. The summed E-state index contributed by atoms with van der Waals surface area (Å²) in [5.41, 5.74) is 0.578. The number of aromatic nitrogens is 2. The van der Waals surface area contributed by atoms with Crippen LogP contribution in [0.4, 0.5) is 0 Å². The summed E-state index contributed by atoms with van der Waals surface area (Å²) in [4.78, 5) is 1.21. The zero-order valence-electron chi connectivity index (χ0n) is 14.2. The van der Waals surface area contributed by atoms with Crippen molar-refractivity contribution < 1.29 is 8.42 Å². The van der Waals surface area contributed by atoms with E-state index in [-0.39, 0.29) is 0 Å². The smallest absolute Gasteiger partial charge is 0.244 e. The van der Waals surface area contributed by atoms with Crippen LogP contribution in [0.1, 0.15) is 52.0 Å². The van der Waals surface area contributed by atoms with Crippen molar-refractivity contribution in [3.63, 3.8) is 0 Å². The lowest BCUT2D eigenvalue weighted by atomic mass is 10.1. The number of thiophene rings is 1. The Hall–Kier alpha value is -1.18. The van der Waals surface area contributed by atoms with Crippen molar-refractivity contribution in [3.05, 3.63) is 23.7 Å². The average Bonchev–Trinajstić information content (AvgIpc) is 3.26. The van der Waals surface area contributed by atoms with Crippen molar-refractivity contribution in [1.29, 1.82) is 0 Å². The molecule has 1 saturated carbocycles. The number of hydrogen-bond acceptors (Lipinski definition) is 4. The van der Waals surface area contributed by atoms with Crippen molar-refractivity contribution in [2.45, 2.75) is 56.9 Å². The van der Waals surface area contributed by atoms with Gasteiger partial charge in [0.1, 0.15) is 10.6 Å². The molecule has 2 aromatic heterocycles. The zero-order valence-corrected chi connectivity index (χ0v) is 15.9. The highest BCUT2D eigenvalue weighted by atomic mass is 32.2. The van der Waals surface area contributed by atoms with Crippen molar-refractivity contribution in [2.75, 3.05) is 6.54 Å². The van der Waals surface area contributed by atoms with Gasteiger partial charge in [0.05, 0.1) is 10.9 Å². The highest BCUT2D eigenvalue weighted by Gasteiger charge is 2.27. The Bertz CT molecular complexity index is 758. The molecule has 7 heteroatoms. The number of hydrogen-bond donors (Lipinski definition) is 1. The first-order valence-corrected chi connectivity index (χ1v) is 11.0.